The number of carbonyl (C=O) groups excluding carboxylic acids is 1. The molecule has 80 valence electrons. The highest BCUT2D eigenvalue weighted by molar-refractivity contribution is 5.88. The van der Waals surface area contributed by atoms with Gasteiger partial charge in [-0.2, -0.15) is 0 Å². The standard InChI is InChI=1S/C12H15NO2/c1-2-12(15)13-7-3-4-9-8-10(14)5-6-11(9)13/h2,5-6,9,14H,1,3-4,7-8H2. The second-order valence-electron chi connectivity index (χ2n) is 3.99. The largest absolute Gasteiger partial charge is 0.512 e. The summed E-state index contributed by atoms with van der Waals surface area (Å²) in [5.74, 6) is 0.671. The van der Waals surface area contributed by atoms with E-state index in [1.165, 1.54) is 6.08 Å². The Balaban J connectivity index is 2.26. The molecular formula is C12H15NO2. The summed E-state index contributed by atoms with van der Waals surface area (Å²) in [6.45, 7) is 4.27. The molecular weight excluding hydrogens is 190 g/mol. The van der Waals surface area contributed by atoms with Crippen LogP contribution in [0.3, 0.4) is 0 Å². The second-order valence-corrected chi connectivity index (χ2v) is 3.99. The molecule has 1 saturated heterocycles. The molecule has 1 heterocycles. The van der Waals surface area contributed by atoms with Crippen LogP contribution in [0.1, 0.15) is 19.3 Å². The number of piperidine rings is 1. The van der Waals surface area contributed by atoms with Crippen LogP contribution in [-0.2, 0) is 4.79 Å². The lowest BCUT2D eigenvalue weighted by Crippen LogP contribution is -2.37. The molecule has 0 aromatic carbocycles. The van der Waals surface area contributed by atoms with E-state index in [1.807, 2.05) is 6.08 Å². The molecule has 0 aromatic rings. The second kappa shape index (κ2) is 3.93. The Morgan fingerprint density at radius 1 is 1.60 bits per heavy atom. The molecule has 3 nitrogen and oxygen atoms in total. The first kappa shape index (κ1) is 10.0. The van der Waals surface area contributed by atoms with Gasteiger partial charge in [0.1, 0.15) is 0 Å². The first-order chi connectivity index (χ1) is 7.22. The van der Waals surface area contributed by atoms with Gasteiger partial charge in [0, 0.05) is 24.6 Å². The Kier molecular flexibility index (Phi) is 2.62. The normalized spacial score (nSPS) is 25.1. The molecule has 1 N–H and O–H groups in total. The maximum Gasteiger partial charge on any atom is 0.250 e. The number of rotatable bonds is 1. The van der Waals surface area contributed by atoms with E-state index in [0.29, 0.717) is 18.1 Å². The number of hydrogen-bond donors (Lipinski definition) is 1. The number of carbonyl (C=O) groups is 1. The van der Waals surface area contributed by atoms with Crippen molar-refractivity contribution in [2.45, 2.75) is 19.3 Å². The minimum Gasteiger partial charge on any atom is -0.512 e. The third-order valence-corrected chi connectivity index (χ3v) is 3.01. The van der Waals surface area contributed by atoms with Crippen LogP contribution in [0.25, 0.3) is 0 Å². The van der Waals surface area contributed by atoms with Crippen LogP contribution in [0.5, 0.6) is 0 Å². The summed E-state index contributed by atoms with van der Waals surface area (Å²) in [4.78, 5) is 13.4. The predicted octanol–water partition coefficient (Wildman–Crippen LogP) is 2.14. The molecule has 2 aliphatic rings. The summed E-state index contributed by atoms with van der Waals surface area (Å²) in [5.41, 5.74) is 1.03. The van der Waals surface area contributed by atoms with Crippen molar-refractivity contribution in [3.8, 4) is 0 Å². The zero-order valence-electron chi connectivity index (χ0n) is 8.65. The van der Waals surface area contributed by atoms with Crippen molar-refractivity contribution in [2.75, 3.05) is 6.54 Å². The Morgan fingerprint density at radius 3 is 3.13 bits per heavy atom. The molecule has 0 bridgehead atoms. The molecule has 1 amide bonds. The molecule has 1 aliphatic carbocycles. The van der Waals surface area contributed by atoms with E-state index < -0.39 is 0 Å². The lowest BCUT2D eigenvalue weighted by atomic mass is 9.87. The highest BCUT2D eigenvalue weighted by Crippen LogP contribution is 2.34. The number of allylic oxidation sites excluding steroid dienone is 4. The lowest BCUT2D eigenvalue weighted by molar-refractivity contribution is -0.125. The van der Waals surface area contributed by atoms with Gasteiger partial charge >= 0.3 is 0 Å². The zero-order chi connectivity index (χ0) is 10.8. The Morgan fingerprint density at radius 2 is 2.40 bits per heavy atom. The van der Waals surface area contributed by atoms with Gasteiger partial charge in [-0.05, 0) is 31.1 Å². The Hall–Kier alpha value is -1.51. The number of nitrogens with zero attached hydrogens (tertiary/aromatic N) is 1. The fourth-order valence-corrected chi connectivity index (χ4v) is 2.28. The molecule has 15 heavy (non-hydrogen) atoms. The van der Waals surface area contributed by atoms with Gasteiger partial charge in [0.25, 0.3) is 0 Å². The third-order valence-electron chi connectivity index (χ3n) is 3.01. The van der Waals surface area contributed by atoms with E-state index in [2.05, 4.69) is 6.58 Å². The number of fused-ring (bicyclic) bond motifs is 1. The molecule has 0 saturated carbocycles. The van der Waals surface area contributed by atoms with E-state index in [4.69, 9.17) is 0 Å². The van der Waals surface area contributed by atoms with Gasteiger partial charge in [-0.25, -0.2) is 0 Å². The van der Waals surface area contributed by atoms with Crippen LogP contribution >= 0.6 is 0 Å². The van der Waals surface area contributed by atoms with Gasteiger partial charge in [-0.3, -0.25) is 4.79 Å². The molecule has 1 atom stereocenters. The molecule has 0 radical (unpaired) electrons. The van der Waals surface area contributed by atoms with E-state index in [1.54, 1.807) is 11.0 Å². The summed E-state index contributed by atoms with van der Waals surface area (Å²) in [6.07, 6.45) is 7.58. The number of likely N-dealkylation sites (tertiary alicyclic amines) is 1. The first-order valence-electron chi connectivity index (χ1n) is 5.26. The third kappa shape index (κ3) is 1.82. The average molecular weight is 205 g/mol. The van der Waals surface area contributed by atoms with Gasteiger partial charge in [-0.1, -0.05) is 6.58 Å². The SMILES string of the molecule is C=CC(=O)N1CCCC2CC(O)=CC=C21. The van der Waals surface area contributed by atoms with Crippen LogP contribution in [0.4, 0.5) is 0 Å². The number of aliphatic hydroxyl groups excluding tert-OH is 1. The minimum absolute atomic E-state index is 0.0410. The van der Waals surface area contributed by atoms with Crippen LogP contribution < -0.4 is 0 Å². The average Bonchev–Trinajstić information content (AvgIpc) is 2.26. The van der Waals surface area contributed by atoms with E-state index in [9.17, 15) is 9.90 Å². The van der Waals surface area contributed by atoms with E-state index in [0.717, 1.165) is 25.1 Å². The monoisotopic (exact) mass is 205 g/mol. The van der Waals surface area contributed by atoms with Crippen molar-refractivity contribution in [3.05, 3.63) is 36.3 Å². The van der Waals surface area contributed by atoms with Gasteiger partial charge < -0.3 is 10.0 Å². The number of amides is 1. The summed E-state index contributed by atoms with van der Waals surface area (Å²) in [5, 5.41) is 9.42. The highest BCUT2D eigenvalue weighted by atomic mass is 16.3. The number of hydrogen-bond acceptors (Lipinski definition) is 2. The van der Waals surface area contributed by atoms with Crippen molar-refractivity contribution < 1.29 is 9.90 Å². The fourth-order valence-electron chi connectivity index (χ4n) is 2.28. The summed E-state index contributed by atoms with van der Waals surface area (Å²) in [6, 6.07) is 0. The van der Waals surface area contributed by atoms with Gasteiger partial charge in [-0.15, -0.1) is 0 Å². The quantitative estimate of drug-likeness (QED) is 0.666. The topological polar surface area (TPSA) is 40.5 Å². The molecule has 3 heteroatoms. The maximum absolute atomic E-state index is 11.6. The summed E-state index contributed by atoms with van der Waals surface area (Å²) in [7, 11) is 0. The summed E-state index contributed by atoms with van der Waals surface area (Å²) >= 11 is 0. The van der Waals surface area contributed by atoms with Crippen LogP contribution in [0, 0.1) is 5.92 Å². The lowest BCUT2D eigenvalue weighted by Gasteiger charge is -2.36. The highest BCUT2D eigenvalue weighted by Gasteiger charge is 2.29. The van der Waals surface area contributed by atoms with E-state index in [-0.39, 0.29) is 5.91 Å². The molecule has 1 unspecified atom stereocenters. The Bertz CT molecular complexity index is 355. The van der Waals surface area contributed by atoms with Crippen molar-refractivity contribution in [2.24, 2.45) is 5.92 Å². The smallest absolute Gasteiger partial charge is 0.250 e. The zero-order valence-corrected chi connectivity index (χ0v) is 8.65. The first-order valence-corrected chi connectivity index (χ1v) is 5.26. The molecule has 1 aliphatic heterocycles. The van der Waals surface area contributed by atoms with Crippen LogP contribution in [-0.4, -0.2) is 22.5 Å². The molecule has 1 fully saturated rings. The Labute approximate surface area is 89.4 Å². The molecule has 0 aromatic heterocycles. The molecule has 2 rings (SSSR count). The number of aliphatic hydroxyl groups is 1. The minimum atomic E-state index is -0.0410. The summed E-state index contributed by atoms with van der Waals surface area (Å²) < 4.78 is 0. The van der Waals surface area contributed by atoms with Gasteiger partial charge in [0.2, 0.25) is 5.91 Å². The van der Waals surface area contributed by atoms with Crippen LogP contribution in [0.2, 0.25) is 0 Å². The van der Waals surface area contributed by atoms with Crippen molar-refractivity contribution in [1.29, 1.82) is 0 Å². The van der Waals surface area contributed by atoms with Gasteiger partial charge in [0.15, 0.2) is 0 Å². The van der Waals surface area contributed by atoms with Crippen molar-refractivity contribution in [1.82, 2.24) is 4.90 Å². The molecule has 0 spiro atoms. The maximum atomic E-state index is 11.6. The van der Waals surface area contributed by atoms with E-state index >= 15 is 0 Å². The van der Waals surface area contributed by atoms with Crippen molar-refractivity contribution in [3.63, 3.8) is 0 Å². The van der Waals surface area contributed by atoms with Gasteiger partial charge in [0.05, 0.1) is 5.76 Å². The van der Waals surface area contributed by atoms with Crippen molar-refractivity contribution >= 4 is 5.91 Å². The fraction of sp³-hybridized carbons (Fsp3) is 0.417. The van der Waals surface area contributed by atoms with Crippen LogP contribution in [0.15, 0.2) is 36.3 Å². The predicted molar refractivity (Wildman–Crippen MR) is 58.0 cm³/mol.